The predicted octanol–water partition coefficient (Wildman–Crippen LogP) is 0.701. The number of fused-ring (bicyclic) bond motifs is 2. The Bertz CT molecular complexity index is 903. The summed E-state index contributed by atoms with van der Waals surface area (Å²) in [6, 6.07) is 8.53. The number of aryl methyl sites for hydroxylation is 1. The van der Waals surface area contributed by atoms with Gasteiger partial charge < -0.3 is 10.1 Å². The Morgan fingerprint density at radius 2 is 2.11 bits per heavy atom. The summed E-state index contributed by atoms with van der Waals surface area (Å²) in [4.78, 5) is 27.0. The standard InChI is InChI=1S/C20H27N5O3/c1-2-25-20(27)24-11-12-28-17(19(24)22-25)13-18(26)21-8-10-23-9-7-15-5-3-4-6-16(15)14-23/h3-6,17H,2,7-14H2,1H3,(H,21,26). The SMILES string of the molecule is CCn1nc2n(c1=O)CCOC2CC(=O)NCCN1CCc2ccccc2C1. The van der Waals surface area contributed by atoms with Crippen LogP contribution in [0.2, 0.25) is 0 Å². The topological polar surface area (TPSA) is 81.4 Å². The van der Waals surface area contributed by atoms with E-state index in [0.29, 0.717) is 32.1 Å². The van der Waals surface area contributed by atoms with Crippen molar-refractivity contribution in [1.82, 2.24) is 24.6 Å². The van der Waals surface area contributed by atoms with E-state index in [9.17, 15) is 9.59 Å². The molecule has 2 aliphatic heterocycles. The van der Waals surface area contributed by atoms with Gasteiger partial charge in [-0.2, -0.15) is 5.10 Å². The van der Waals surface area contributed by atoms with Crippen molar-refractivity contribution in [2.45, 2.75) is 45.5 Å². The van der Waals surface area contributed by atoms with Gasteiger partial charge in [0.2, 0.25) is 5.91 Å². The monoisotopic (exact) mass is 385 g/mol. The van der Waals surface area contributed by atoms with Crippen LogP contribution in [0.5, 0.6) is 0 Å². The van der Waals surface area contributed by atoms with Gasteiger partial charge in [0, 0.05) is 32.7 Å². The highest BCUT2D eigenvalue weighted by Gasteiger charge is 2.28. The second-order valence-electron chi connectivity index (χ2n) is 7.32. The zero-order chi connectivity index (χ0) is 19.5. The van der Waals surface area contributed by atoms with Crippen molar-refractivity contribution in [3.8, 4) is 0 Å². The first-order valence-electron chi connectivity index (χ1n) is 10.0. The number of ether oxygens (including phenoxy) is 1. The van der Waals surface area contributed by atoms with Crippen molar-refractivity contribution in [3.63, 3.8) is 0 Å². The van der Waals surface area contributed by atoms with E-state index in [0.717, 1.165) is 26.1 Å². The Morgan fingerprint density at radius 3 is 2.93 bits per heavy atom. The lowest BCUT2D eigenvalue weighted by Gasteiger charge is -2.28. The molecule has 2 aliphatic rings. The molecule has 1 amide bonds. The van der Waals surface area contributed by atoms with E-state index in [2.05, 4.69) is 39.6 Å². The molecular weight excluding hydrogens is 358 g/mol. The smallest absolute Gasteiger partial charge is 0.346 e. The lowest BCUT2D eigenvalue weighted by molar-refractivity contribution is -0.125. The van der Waals surface area contributed by atoms with E-state index in [1.165, 1.54) is 15.8 Å². The fourth-order valence-corrected chi connectivity index (χ4v) is 3.96. The quantitative estimate of drug-likeness (QED) is 0.792. The third-order valence-corrected chi connectivity index (χ3v) is 5.50. The molecule has 150 valence electrons. The molecule has 0 saturated heterocycles. The number of hydrogen-bond acceptors (Lipinski definition) is 5. The van der Waals surface area contributed by atoms with Crippen molar-refractivity contribution in [3.05, 3.63) is 51.7 Å². The number of nitrogens with zero attached hydrogens (tertiary/aromatic N) is 4. The van der Waals surface area contributed by atoms with Gasteiger partial charge in [-0.1, -0.05) is 24.3 Å². The Morgan fingerprint density at radius 1 is 1.29 bits per heavy atom. The van der Waals surface area contributed by atoms with Crippen LogP contribution in [0.15, 0.2) is 29.1 Å². The van der Waals surface area contributed by atoms with Gasteiger partial charge in [0.05, 0.1) is 19.6 Å². The van der Waals surface area contributed by atoms with E-state index in [-0.39, 0.29) is 18.0 Å². The summed E-state index contributed by atoms with van der Waals surface area (Å²) >= 11 is 0. The van der Waals surface area contributed by atoms with E-state index in [1.54, 1.807) is 4.57 Å². The van der Waals surface area contributed by atoms with Gasteiger partial charge in [-0.3, -0.25) is 14.3 Å². The van der Waals surface area contributed by atoms with Crippen molar-refractivity contribution < 1.29 is 9.53 Å². The average molecular weight is 385 g/mol. The highest BCUT2D eigenvalue weighted by Crippen LogP contribution is 2.22. The number of rotatable bonds is 6. The predicted molar refractivity (Wildman–Crippen MR) is 104 cm³/mol. The number of hydrogen-bond donors (Lipinski definition) is 1. The molecular formula is C20H27N5O3. The van der Waals surface area contributed by atoms with Gasteiger partial charge in [-0.25, -0.2) is 9.48 Å². The summed E-state index contributed by atoms with van der Waals surface area (Å²) in [5.74, 6) is 0.482. The molecule has 0 radical (unpaired) electrons. The van der Waals surface area contributed by atoms with E-state index in [4.69, 9.17) is 4.74 Å². The summed E-state index contributed by atoms with van der Waals surface area (Å²) in [6.07, 6.45) is 0.775. The molecule has 0 bridgehead atoms. The first-order valence-corrected chi connectivity index (χ1v) is 10.0. The molecule has 8 nitrogen and oxygen atoms in total. The maximum atomic E-state index is 12.4. The van der Waals surface area contributed by atoms with Crippen LogP contribution in [-0.4, -0.2) is 51.4 Å². The fraction of sp³-hybridized carbons (Fsp3) is 0.550. The highest BCUT2D eigenvalue weighted by molar-refractivity contribution is 5.76. The van der Waals surface area contributed by atoms with Crippen LogP contribution < -0.4 is 11.0 Å². The molecule has 1 aromatic carbocycles. The number of nitrogens with one attached hydrogen (secondary N) is 1. The number of carbonyl (C=O) groups excluding carboxylic acids is 1. The minimum atomic E-state index is -0.462. The largest absolute Gasteiger partial charge is 0.368 e. The van der Waals surface area contributed by atoms with E-state index < -0.39 is 6.10 Å². The van der Waals surface area contributed by atoms with Gasteiger partial charge in [0.1, 0.15) is 6.10 Å². The molecule has 1 unspecified atom stereocenters. The zero-order valence-electron chi connectivity index (χ0n) is 16.3. The molecule has 0 fully saturated rings. The lowest BCUT2D eigenvalue weighted by Crippen LogP contribution is -2.38. The molecule has 0 saturated carbocycles. The molecule has 4 rings (SSSR count). The minimum absolute atomic E-state index is 0.0747. The van der Waals surface area contributed by atoms with Crippen molar-refractivity contribution in [2.75, 3.05) is 26.2 Å². The van der Waals surface area contributed by atoms with Crippen LogP contribution in [0, 0.1) is 0 Å². The third kappa shape index (κ3) is 3.88. The van der Waals surface area contributed by atoms with Crippen LogP contribution in [0.3, 0.4) is 0 Å². The molecule has 0 spiro atoms. The maximum absolute atomic E-state index is 12.4. The van der Waals surface area contributed by atoms with E-state index in [1.807, 2.05) is 6.92 Å². The summed E-state index contributed by atoms with van der Waals surface area (Å²) in [7, 11) is 0. The first-order chi connectivity index (χ1) is 13.7. The molecule has 1 aromatic heterocycles. The van der Waals surface area contributed by atoms with Gasteiger partial charge >= 0.3 is 5.69 Å². The van der Waals surface area contributed by atoms with Crippen LogP contribution in [-0.2, 0) is 35.6 Å². The van der Waals surface area contributed by atoms with Gasteiger partial charge in [-0.05, 0) is 24.5 Å². The Labute approximate surface area is 164 Å². The van der Waals surface area contributed by atoms with Crippen molar-refractivity contribution in [2.24, 2.45) is 0 Å². The van der Waals surface area contributed by atoms with Gasteiger partial charge in [0.25, 0.3) is 0 Å². The molecule has 3 heterocycles. The first kappa shape index (κ1) is 18.9. The third-order valence-electron chi connectivity index (χ3n) is 5.50. The van der Waals surface area contributed by atoms with Gasteiger partial charge in [0.15, 0.2) is 5.82 Å². The lowest BCUT2D eigenvalue weighted by atomic mass is 10.00. The summed E-state index contributed by atoms with van der Waals surface area (Å²) < 4.78 is 8.76. The molecule has 0 aliphatic carbocycles. The summed E-state index contributed by atoms with van der Waals surface area (Å²) in [6.45, 7) is 6.66. The molecule has 1 N–H and O–H groups in total. The zero-order valence-corrected chi connectivity index (χ0v) is 16.3. The Hall–Kier alpha value is -2.45. The number of benzene rings is 1. The fourth-order valence-electron chi connectivity index (χ4n) is 3.96. The molecule has 2 aromatic rings. The Balaban J connectivity index is 1.28. The number of carbonyl (C=O) groups is 1. The average Bonchev–Trinajstić information content (AvgIpc) is 3.05. The van der Waals surface area contributed by atoms with Crippen LogP contribution >= 0.6 is 0 Å². The van der Waals surface area contributed by atoms with Crippen molar-refractivity contribution in [1.29, 1.82) is 0 Å². The second-order valence-corrected chi connectivity index (χ2v) is 7.32. The molecule has 28 heavy (non-hydrogen) atoms. The Kier molecular flexibility index (Phi) is 5.59. The van der Waals surface area contributed by atoms with Crippen LogP contribution in [0.1, 0.15) is 36.4 Å². The highest BCUT2D eigenvalue weighted by atomic mass is 16.5. The summed E-state index contributed by atoms with van der Waals surface area (Å²) in [5.41, 5.74) is 2.67. The minimum Gasteiger partial charge on any atom is -0.368 e. The molecule has 8 heteroatoms. The molecule has 1 atom stereocenters. The second kappa shape index (κ2) is 8.28. The maximum Gasteiger partial charge on any atom is 0.346 e. The normalized spacial score (nSPS) is 19.1. The van der Waals surface area contributed by atoms with Crippen LogP contribution in [0.4, 0.5) is 0 Å². The number of aromatic nitrogens is 3. The summed E-state index contributed by atoms with van der Waals surface area (Å²) in [5, 5.41) is 7.32. The van der Waals surface area contributed by atoms with Crippen LogP contribution in [0.25, 0.3) is 0 Å². The number of amides is 1. The van der Waals surface area contributed by atoms with Gasteiger partial charge in [-0.15, -0.1) is 0 Å². The van der Waals surface area contributed by atoms with E-state index >= 15 is 0 Å². The van der Waals surface area contributed by atoms with Crippen molar-refractivity contribution >= 4 is 5.91 Å².